The van der Waals surface area contributed by atoms with Crippen LogP contribution in [0.4, 0.5) is 5.88 Å². The van der Waals surface area contributed by atoms with Crippen LogP contribution in [-0.4, -0.2) is 61.7 Å². The molecular formula is C15H18N2O4S2. The summed E-state index contributed by atoms with van der Waals surface area (Å²) in [5.41, 5.74) is 0. The van der Waals surface area contributed by atoms with E-state index in [4.69, 9.17) is 26.1 Å². The zero-order valence-corrected chi connectivity index (χ0v) is 14.5. The minimum atomic E-state index is -0.0960. The molecular weight excluding hydrogens is 336 g/mol. The number of rotatable bonds is 5. The van der Waals surface area contributed by atoms with Crippen LogP contribution in [0.2, 0.25) is 0 Å². The van der Waals surface area contributed by atoms with E-state index in [-0.39, 0.29) is 5.91 Å². The van der Waals surface area contributed by atoms with Gasteiger partial charge in [0.25, 0.3) is 5.91 Å². The van der Waals surface area contributed by atoms with Crippen LogP contribution in [0, 0.1) is 0 Å². The first-order chi connectivity index (χ1) is 11.2. The number of thioether (sulfide) groups is 1. The summed E-state index contributed by atoms with van der Waals surface area (Å²) in [6, 6.07) is 3.79. The van der Waals surface area contributed by atoms with E-state index in [1.807, 2.05) is 12.1 Å². The Kier molecular flexibility index (Phi) is 5.37. The van der Waals surface area contributed by atoms with Crippen molar-refractivity contribution in [2.24, 2.45) is 0 Å². The fourth-order valence-electron chi connectivity index (χ4n) is 2.38. The Labute approximate surface area is 144 Å². The Morgan fingerprint density at radius 2 is 2.17 bits per heavy atom. The molecule has 2 fully saturated rings. The van der Waals surface area contributed by atoms with Crippen molar-refractivity contribution < 1.29 is 18.7 Å². The molecule has 124 valence electrons. The van der Waals surface area contributed by atoms with Gasteiger partial charge in [0.05, 0.1) is 31.3 Å². The summed E-state index contributed by atoms with van der Waals surface area (Å²) < 4.78 is 16.7. The summed E-state index contributed by atoms with van der Waals surface area (Å²) in [6.07, 6.45) is 1.75. The Bertz CT molecular complexity index is 623. The van der Waals surface area contributed by atoms with Gasteiger partial charge in [0.1, 0.15) is 10.1 Å². The van der Waals surface area contributed by atoms with Gasteiger partial charge in [0.15, 0.2) is 5.88 Å². The second-order valence-corrected chi connectivity index (χ2v) is 6.78. The minimum absolute atomic E-state index is 0.0960. The van der Waals surface area contributed by atoms with E-state index in [2.05, 4.69) is 4.90 Å². The smallest absolute Gasteiger partial charge is 0.266 e. The molecule has 8 heteroatoms. The van der Waals surface area contributed by atoms with Crippen LogP contribution in [-0.2, 0) is 14.3 Å². The molecule has 1 amide bonds. The largest absolute Gasteiger partial charge is 0.441 e. The molecule has 3 heterocycles. The number of morpholine rings is 1. The summed E-state index contributed by atoms with van der Waals surface area (Å²) >= 11 is 6.54. The Morgan fingerprint density at radius 1 is 1.39 bits per heavy atom. The van der Waals surface area contributed by atoms with Crippen molar-refractivity contribution in [1.29, 1.82) is 0 Å². The number of carbonyl (C=O) groups is 1. The Hall–Kier alpha value is -1.35. The molecule has 0 N–H and O–H groups in total. The third-order valence-electron chi connectivity index (χ3n) is 3.60. The van der Waals surface area contributed by atoms with E-state index in [0.717, 1.165) is 19.0 Å². The maximum Gasteiger partial charge on any atom is 0.266 e. The highest BCUT2D eigenvalue weighted by molar-refractivity contribution is 8.26. The molecule has 1 aromatic heterocycles. The summed E-state index contributed by atoms with van der Waals surface area (Å²) in [5.74, 6) is 1.36. The molecule has 0 spiro atoms. The summed E-state index contributed by atoms with van der Waals surface area (Å²) in [6.45, 7) is 3.96. The highest BCUT2D eigenvalue weighted by atomic mass is 32.2. The number of hydrogen-bond donors (Lipinski definition) is 0. The van der Waals surface area contributed by atoms with E-state index >= 15 is 0 Å². The van der Waals surface area contributed by atoms with Crippen LogP contribution in [0.25, 0.3) is 6.08 Å². The maximum atomic E-state index is 12.4. The van der Waals surface area contributed by atoms with E-state index in [1.54, 1.807) is 18.1 Å². The van der Waals surface area contributed by atoms with Crippen molar-refractivity contribution in [3.8, 4) is 0 Å². The maximum absolute atomic E-state index is 12.4. The monoisotopic (exact) mass is 354 g/mol. The first kappa shape index (κ1) is 16.5. The van der Waals surface area contributed by atoms with Gasteiger partial charge in [-0.1, -0.05) is 24.0 Å². The predicted molar refractivity (Wildman–Crippen MR) is 93.5 cm³/mol. The zero-order chi connectivity index (χ0) is 16.2. The Balaban J connectivity index is 1.70. The average molecular weight is 354 g/mol. The second kappa shape index (κ2) is 7.48. The normalized spacial score (nSPS) is 20.8. The van der Waals surface area contributed by atoms with Crippen LogP contribution >= 0.6 is 24.0 Å². The highest BCUT2D eigenvalue weighted by Gasteiger charge is 2.31. The second-order valence-electron chi connectivity index (χ2n) is 5.10. The molecule has 23 heavy (non-hydrogen) atoms. The number of methoxy groups -OCH3 is 1. The fourth-order valence-corrected chi connectivity index (χ4v) is 3.67. The molecule has 2 saturated heterocycles. The number of hydrogen-bond acceptors (Lipinski definition) is 7. The van der Waals surface area contributed by atoms with Gasteiger partial charge >= 0.3 is 0 Å². The number of amides is 1. The first-order valence-electron chi connectivity index (χ1n) is 7.36. The fraction of sp³-hybridized carbons (Fsp3) is 0.467. The van der Waals surface area contributed by atoms with Crippen molar-refractivity contribution in [2.75, 3.05) is 51.5 Å². The van der Waals surface area contributed by atoms with E-state index in [9.17, 15) is 4.79 Å². The van der Waals surface area contributed by atoms with Crippen LogP contribution in [0.3, 0.4) is 0 Å². The van der Waals surface area contributed by atoms with Crippen LogP contribution in [0.15, 0.2) is 21.5 Å². The summed E-state index contributed by atoms with van der Waals surface area (Å²) in [4.78, 5) is 16.6. The van der Waals surface area contributed by atoms with Gasteiger partial charge in [-0.05, 0) is 6.07 Å². The SMILES string of the molecule is COCCN1C(=O)/C(=C/c2ccc(N3CCOCC3)o2)SC1=S. The van der Waals surface area contributed by atoms with Crippen molar-refractivity contribution in [1.82, 2.24) is 4.90 Å². The number of carbonyl (C=O) groups excluding carboxylic acids is 1. The molecule has 0 bridgehead atoms. The van der Waals surface area contributed by atoms with Gasteiger partial charge in [-0.2, -0.15) is 0 Å². The molecule has 1 aromatic rings. The van der Waals surface area contributed by atoms with E-state index in [0.29, 0.717) is 41.4 Å². The van der Waals surface area contributed by atoms with Crippen molar-refractivity contribution in [2.45, 2.75) is 0 Å². The highest BCUT2D eigenvalue weighted by Crippen LogP contribution is 2.33. The molecule has 0 radical (unpaired) electrons. The lowest BCUT2D eigenvalue weighted by Gasteiger charge is -2.26. The lowest BCUT2D eigenvalue weighted by molar-refractivity contribution is -0.122. The molecule has 6 nitrogen and oxygen atoms in total. The number of ether oxygens (including phenoxy) is 2. The van der Waals surface area contributed by atoms with Crippen molar-refractivity contribution in [3.05, 3.63) is 22.8 Å². The summed E-state index contributed by atoms with van der Waals surface area (Å²) in [7, 11) is 1.60. The van der Waals surface area contributed by atoms with Crippen LogP contribution in [0.1, 0.15) is 5.76 Å². The van der Waals surface area contributed by atoms with E-state index in [1.165, 1.54) is 11.8 Å². The molecule has 3 rings (SSSR count). The van der Waals surface area contributed by atoms with Crippen LogP contribution < -0.4 is 4.90 Å². The van der Waals surface area contributed by atoms with Crippen LogP contribution in [0.5, 0.6) is 0 Å². The van der Waals surface area contributed by atoms with Gasteiger partial charge in [-0.15, -0.1) is 0 Å². The molecule has 0 saturated carbocycles. The molecule has 2 aliphatic heterocycles. The third-order valence-corrected chi connectivity index (χ3v) is 4.98. The predicted octanol–water partition coefficient (Wildman–Crippen LogP) is 1.96. The van der Waals surface area contributed by atoms with Gasteiger partial charge in [-0.25, -0.2) is 0 Å². The van der Waals surface area contributed by atoms with Gasteiger partial charge in [0, 0.05) is 32.3 Å². The molecule has 0 aliphatic carbocycles. The molecule has 0 aromatic carbocycles. The van der Waals surface area contributed by atoms with Gasteiger partial charge < -0.3 is 18.8 Å². The topological polar surface area (TPSA) is 55.2 Å². The standard InChI is InChI=1S/C15H18N2O4S2/c1-19-7-6-17-14(18)12(23-15(17)22)10-11-2-3-13(21-11)16-4-8-20-9-5-16/h2-3,10H,4-9H2,1H3/b12-10-. The molecule has 2 aliphatic rings. The molecule has 0 unspecified atom stereocenters. The molecule has 0 atom stereocenters. The third kappa shape index (κ3) is 3.77. The van der Waals surface area contributed by atoms with Gasteiger partial charge in [-0.3, -0.25) is 9.69 Å². The quantitative estimate of drug-likeness (QED) is 0.592. The first-order valence-corrected chi connectivity index (χ1v) is 8.58. The number of nitrogens with zero attached hydrogens (tertiary/aromatic N) is 2. The lowest BCUT2D eigenvalue weighted by atomic mass is 10.3. The van der Waals surface area contributed by atoms with Gasteiger partial charge in [0.2, 0.25) is 0 Å². The van der Waals surface area contributed by atoms with Crippen molar-refractivity contribution >= 4 is 46.2 Å². The Morgan fingerprint density at radius 3 is 2.91 bits per heavy atom. The zero-order valence-electron chi connectivity index (χ0n) is 12.8. The number of thiocarbonyl (C=S) groups is 1. The number of furan rings is 1. The summed E-state index contributed by atoms with van der Waals surface area (Å²) in [5, 5.41) is 0. The minimum Gasteiger partial charge on any atom is -0.441 e. The number of anilines is 1. The average Bonchev–Trinajstić information content (AvgIpc) is 3.13. The lowest BCUT2D eigenvalue weighted by Crippen LogP contribution is -2.35. The van der Waals surface area contributed by atoms with E-state index < -0.39 is 0 Å². The van der Waals surface area contributed by atoms with Crippen molar-refractivity contribution in [3.63, 3.8) is 0 Å².